The standard InChI is InChI=1S/C11H11N3O/c1-14-8-12-10(7-11(14)15)13-9-5-3-2-4-6-9/h2-8,13H,1H3. The third-order valence-electron chi connectivity index (χ3n) is 2.02. The van der Waals surface area contributed by atoms with Gasteiger partial charge >= 0.3 is 0 Å². The van der Waals surface area contributed by atoms with Crippen molar-refractivity contribution in [3.63, 3.8) is 0 Å². The third-order valence-corrected chi connectivity index (χ3v) is 2.02. The molecule has 0 amide bonds. The molecule has 1 heterocycles. The molecule has 0 aliphatic heterocycles. The van der Waals surface area contributed by atoms with E-state index < -0.39 is 0 Å². The molecule has 4 heteroatoms. The van der Waals surface area contributed by atoms with Gasteiger partial charge in [0.1, 0.15) is 5.82 Å². The zero-order valence-corrected chi connectivity index (χ0v) is 8.34. The molecule has 0 aliphatic carbocycles. The molecule has 15 heavy (non-hydrogen) atoms. The highest BCUT2D eigenvalue weighted by molar-refractivity contribution is 5.54. The van der Waals surface area contributed by atoms with Crippen LogP contribution in [0, 0.1) is 0 Å². The topological polar surface area (TPSA) is 46.9 Å². The van der Waals surface area contributed by atoms with Crippen molar-refractivity contribution in [2.75, 3.05) is 5.32 Å². The smallest absolute Gasteiger partial charge is 0.255 e. The molecule has 1 aromatic carbocycles. The van der Waals surface area contributed by atoms with Gasteiger partial charge in [-0.3, -0.25) is 4.79 Å². The minimum atomic E-state index is -0.0802. The van der Waals surface area contributed by atoms with Crippen molar-refractivity contribution in [3.05, 3.63) is 53.1 Å². The Morgan fingerprint density at radius 3 is 2.67 bits per heavy atom. The molecule has 0 fully saturated rings. The summed E-state index contributed by atoms with van der Waals surface area (Å²) in [5, 5.41) is 3.05. The van der Waals surface area contributed by atoms with E-state index in [1.807, 2.05) is 30.3 Å². The number of nitrogens with zero attached hydrogens (tertiary/aromatic N) is 2. The molecule has 0 bridgehead atoms. The number of hydrogen-bond donors (Lipinski definition) is 1. The number of nitrogens with one attached hydrogen (secondary N) is 1. The fourth-order valence-corrected chi connectivity index (χ4v) is 1.20. The molecule has 0 unspecified atom stereocenters. The SMILES string of the molecule is Cn1cnc(Nc2ccccc2)cc1=O. The molecule has 0 saturated heterocycles. The van der Waals surface area contributed by atoms with E-state index >= 15 is 0 Å². The highest BCUT2D eigenvalue weighted by Crippen LogP contribution is 2.10. The summed E-state index contributed by atoms with van der Waals surface area (Å²) >= 11 is 0. The number of rotatable bonds is 2. The molecule has 0 saturated carbocycles. The van der Waals surface area contributed by atoms with Crippen molar-refractivity contribution in [3.8, 4) is 0 Å². The van der Waals surface area contributed by atoms with Crippen LogP contribution in [0.15, 0.2) is 47.5 Å². The average molecular weight is 201 g/mol. The predicted octanol–water partition coefficient (Wildman–Crippen LogP) is 1.52. The quantitative estimate of drug-likeness (QED) is 0.801. The van der Waals surface area contributed by atoms with Crippen molar-refractivity contribution < 1.29 is 0 Å². The molecule has 0 atom stereocenters. The molecule has 2 aromatic rings. The van der Waals surface area contributed by atoms with Crippen LogP contribution in [0.3, 0.4) is 0 Å². The Hall–Kier alpha value is -2.10. The first kappa shape index (κ1) is 9.45. The Bertz CT molecular complexity index is 505. The largest absolute Gasteiger partial charge is 0.340 e. The van der Waals surface area contributed by atoms with E-state index in [-0.39, 0.29) is 5.56 Å². The lowest BCUT2D eigenvalue weighted by atomic mass is 10.3. The summed E-state index contributed by atoms with van der Waals surface area (Å²) in [7, 11) is 1.67. The van der Waals surface area contributed by atoms with Crippen molar-refractivity contribution >= 4 is 11.5 Å². The first-order valence-electron chi connectivity index (χ1n) is 4.60. The highest BCUT2D eigenvalue weighted by atomic mass is 16.1. The van der Waals surface area contributed by atoms with Crippen molar-refractivity contribution in [1.82, 2.24) is 9.55 Å². The van der Waals surface area contributed by atoms with Crippen molar-refractivity contribution in [2.45, 2.75) is 0 Å². The Kier molecular flexibility index (Phi) is 2.49. The maximum atomic E-state index is 11.3. The molecular weight excluding hydrogens is 190 g/mol. The first-order valence-corrected chi connectivity index (χ1v) is 4.60. The molecular formula is C11H11N3O. The summed E-state index contributed by atoms with van der Waals surface area (Å²) in [6.07, 6.45) is 1.49. The first-order chi connectivity index (χ1) is 7.25. The second-order valence-corrected chi connectivity index (χ2v) is 3.21. The van der Waals surface area contributed by atoms with Gasteiger partial charge in [-0.15, -0.1) is 0 Å². The molecule has 1 aromatic heterocycles. The van der Waals surface area contributed by atoms with E-state index in [1.54, 1.807) is 7.05 Å². The van der Waals surface area contributed by atoms with Crippen LogP contribution < -0.4 is 10.9 Å². The predicted molar refractivity (Wildman–Crippen MR) is 59.2 cm³/mol. The van der Waals surface area contributed by atoms with E-state index in [2.05, 4.69) is 10.3 Å². The van der Waals surface area contributed by atoms with Crippen LogP contribution in [0.5, 0.6) is 0 Å². The summed E-state index contributed by atoms with van der Waals surface area (Å²) in [5.74, 6) is 0.560. The van der Waals surface area contributed by atoms with E-state index in [0.29, 0.717) is 5.82 Å². The summed E-state index contributed by atoms with van der Waals surface area (Å²) < 4.78 is 1.43. The number of aromatic nitrogens is 2. The second kappa shape index (κ2) is 3.96. The van der Waals surface area contributed by atoms with Gasteiger partial charge < -0.3 is 9.88 Å². The minimum absolute atomic E-state index is 0.0802. The monoisotopic (exact) mass is 201 g/mol. The van der Waals surface area contributed by atoms with Crippen LogP contribution in [0.1, 0.15) is 0 Å². The van der Waals surface area contributed by atoms with Gasteiger partial charge in [0.25, 0.3) is 5.56 Å². The number of anilines is 2. The van der Waals surface area contributed by atoms with Gasteiger partial charge in [-0.1, -0.05) is 18.2 Å². The fraction of sp³-hybridized carbons (Fsp3) is 0.0909. The van der Waals surface area contributed by atoms with Crippen LogP contribution >= 0.6 is 0 Å². The van der Waals surface area contributed by atoms with Gasteiger partial charge in [-0.25, -0.2) is 4.98 Å². The van der Waals surface area contributed by atoms with Crippen LogP contribution in [0.4, 0.5) is 11.5 Å². The summed E-state index contributed by atoms with van der Waals surface area (Å²) in [6, 6.07) is 11.1. The molecule has 0 aliphatic rings. The van der Waals surface area contributed by atoms with E-state index in [4.69, 9.17) is 0 Å². The highest BCUT2D eigenvalue weighted by Gasteiger charge is 1.96. The van der Waals surface area contributed by atoms with Crippen LogP contribution in [0.25, 0.3) is 0 Å². The summed E-state index contributed by atoms with van der Waals surface area (Å²) in [6.45, 7) is 0. The number of benzene rings is 1. The van der Waals surface area contributed by atoms with Crippen LogP contribution in [-0.4, -0.2) is 9.55 Å². The Morgan fingerprint density at radius 1 is 1.27 bits per heavy atom. The van der Waals surface area contributed by atoms with Crippen LogP contribution in [-0.2, 0) is 7.05 Å². The third kappa shape index (κ3) is 2.22. The maximum Gasteiger partial charge on any atom is 0.255 e. The number of aryl methyl sites for hydroxylation is 1. The molecule has 0 spiro atoms. The Morgan fingerprint density at radius 2 is 2.00 bits per heavy atom. The fourth-order valence-electron chi connectivity index (χ4n) is 1.20. The van der Waals surface area contributed by atoms with Gasteiger partial charge in [0, 0.05) is 18.8 Å². The van der Waals surface area contributed by atoms with Gasteiger partial charge in [0.2, 0.25) is 0 Å². The zero-order chi connectivity index (χ0) is 10.7. The lowest BCUT2D eigenvalue weighted by molar-refractivity contribution is 0.827. The van der Waals surface area contributed by atoms with Gasteiger partial charge in [0.05, 0.1) is 6.33 Å². The summed E-state index contributed by atoms with van der Waals surface area (Å²) in [4.78, 5) is 15.4. The lowest BCUT2D eigenvalue weighted by Gasteiger charge is -2.04. The number of hydrogen-bond acceptors (Lipinski definition) is 3. The summed E-state index contributed by atoms with van der Waals surface area (Å²) in [5.41, 5.74) is 0.835. The van der Waals surface area contributed by atoms with Gasteiger partial charge in [-0.2, -0.15) is 0 Å². The second-order valence-electron chi connectivity index (χ2n) is 3.21. The molecule has 4 nitrogen and oxygen atoms in total. The van der Waals surface area contributed by atoms with Crippen LogP contribution in [0.2, 0.25) is 0 Å². The van der Waals surface area contributed by atoms with E-state index in [9.17, 15) is 4.79 Å². The van der Waals surface area contributed by atoms with E-state index in [1.165, 1.54) is 17.0 Å². The van der Waals surface area contributed by atoms with Crippen molar-refractivity contribution in [1.29, 1.82) is 0 Å². The van der Waals surface area contributed by atoms with Gasteiger partial charge in [-0.05, 0) is 12.1 Å². The molecule has 0 radical (unpaired) electrons. The van der Waals surface area contributed by atoms with Gasteiger partial charge in [0.15, 0.2) is 0 Å². The Balaban J connectivity index is 2.26. The lowest BCUT2D eigenvalue weighted by Crippen LogP contribution is -2.16. The average Bonchev–Trinajstić information content (AvgIpc) is 2.25. The van der Waals surface area contributed by atoms with E-state index in [0.717, 1.165) is 5.69 Å². The number of para-hydroxylation sites is 1. The molecule has 76 valence electrons. The molecule has 1 N–H and O–H groups in total. The normalized spacial score (nSPS) is 9.93. The minimum Gasteiger partial charge on any atom is -0.340 e. The van der Waals surface area contributed by atoms with Crippen molar-refractivity contribution in [2.24, 2.45) is 7.05 Å². The zero-order valence-electron chi connectivity index (χ0n) is 8.34. The maximum absolute atomic E-state index is 11.3. The Labute approximate surface area is 87.2 Å². The molecule has 2 rings (SSSR count).